The molecule has 2 nitrogen and oxygen atoms in total. The van der Waals surface area contributed by atoms with Gasteiger partial charge in [-0.15, -0.1) is 0 Å². The Bertz CT molecular complexity index is 762. The van der Waals surface area contributed by atoms with Crippen molar-refractivity contribution >= 4 is 10.9 Å². The van der Waals surface area contributed by atoms with Crippen molar-refractivity contribution in [2.45, 2.75) is 13.1 Å². The predicted octanol–water partition coefficient (Wildman–Crippen LogP) is 3.43. The van der Waals surface area contributed by atoms with Crippen molar-refractivity contribution in [1.29, 1.82) is 0 Å². The van der Waals surface area contributed by atoms with Crippen LogP contribution in [0.1, 0.15) is 11.1 Å². The highest BCUT2D eigenvalue weighted by Gasteiger charge is 2.08. The fourth-order valence-electron chi connectivity index (χ4n) is 2.45. The van der Waals surface area contributed by atoms with Crippen molar-refractivity contribution in [2.24, 2.45) is 5.73 Å². The standard InChI is InChI=1S/C16H14F2N2/c17-14-6-5-11(7-15(14)18)9-20-10-12(8-19)13-3-1-2-4-16(13)20/h1-7,10H,8-9,19H2. The van der Waals surface area contributed by atoms with Crippen LogP contribution in [0.25, 0.3) is 10.9 Å². The number of nitrogens with zero attached hydrogens (tertiary/aromatic N) is 1. The molecule has 0 atom stereocenters. The van der Waals surface area contributed by atoms with E-state index in [2.05, 4.69) is 0 Å². The Kier molecular flexibility index (Phi) is 3.24. The van der Waals surface area contributed by atoms with Gasteiger partial charge in [0.2, 0.25) is 0 Å². The molecule has 2 aromatic carbocycles. The lowest BCUT2D eigenvalue weighted by Crippen LogP contribution is -2.00. The molecule has 0 aliphatic rings. The van der Waals surface area contributed by atoms with Gasteiger partial charge in [0.15, 0.2) is 11.6 Å². The fourth-order valence-corrected chi connectivity index (χ4v) is 2.45. The highest BCUT2D eigenvalue weighted by Crippen LogP contribution is 2.22. The van der Waals surface area contributed by atoms with E-state index >= 15 is 0 Å². The summed E-state index contributed by atoms with van der Waals surface area (Å²) in [7, 11) is 0. The van der Waals surface area contributed by atoms with Gasteiger partial charge in [-0.1, -0.05) is 24.3 Å². The van der Waals surface area contributed by atoms with Crippen LogP contribution in [0.3, 0.4) is 0 Å². The molecule has 1 heterocycles. The van der Waals surface area contributed by atoms with Gasteiger partial charge in [-0.3, -0.25) is 0 Å². The van der Waals surface area contributed by atoms with E-state index in [1.807, 2.05) is 35.0 Å². The monoisotopic (exact) mass is 272 g/mol. The van der Waals surface area contributed by atoms with Crippen molar-refractivity contribution in [3.63, 3.8) is 0 Å². The summed E-state index contributed by atoms with van der Waals surface area (Å²) in [5.41, 5.74) is 8.54. The van der Waals surface area contributed by atoms with Crippen LogP contribution < -0.4 is 5.73 Å². The van der Waals surface area contributed by atoms with Crippen LogP contribution in [0.4, 0.5) is 8.78 Å². The summed E-state index contributed by atoms with van der Waals surface area (Å²) >= 11 is 0. The van der Waals surface area contributed by atoms with Crippen molar-refractivity contribution in [2.75, 3.05) is 0 Å². The van der Waals surface area contributed by atoms with E-state index in [1.54, 1.807) is 6.07 Å². The maximum atomic E-state index is 13.3. The van der Waals surface area contributed by atoms with Crippen molar-refractivity contribution in [3.05, 3.63) is 71.4 Å². The van der Waals surface area contributed by atoms with Gasteiger partial charge in [0.05, 0.1) is 0 Å². The van der Waals surface area contributed by atoms with E-state index in [4.69, 9.17) is 5.73 Å². The topological polar surface area (TPSA) is 30.9 Å². The van der Waals surface area contributed by atoms with Gasteiger partial charge in [-0.25, -0.2) is 8.78 Å². The summed E-state index contributed by atoms with van der Waals surface area (Å²) in [5, 5.41) is 1.09. The summed E-state index contributed by atoms with van der Waals surface area (Å²) in [6.07, 6.45) is 1.96. The Labute approximate surface area is 115 Å². The number of nitrogens with two attached hydrogens (primary N) is 1. The van der Waals surface area contributed by atoms with Gasteiger partial charge in [-0.05, 0) is 29.3 Å². The van der Waals surface area contributed by atoms with Crippen molar-refractivity contribution in [3.8, 4) is 0 Å². The van der Waals surface area contributed by atoms with Gasteiger partial charge in [0, 0.05) is 30.2 Å². The fraction of sp³-hybridized carbons (Fsp3) is 0.125. The first kappa shape index (κ1) is 12.8. The molecule has 0 saturated carbocycles. The predicted molar refractivity (Wildman–Crippen MR) is 75.3 cm³/mol. The Morgan fingerprint density at radius 1 is 1.00 bits per heavy atom. The van der Waals surface area contributed by atoms with Gasteiger partial charge >= 0.3 is 0 Å². The Morgan fingerprint density at radius 3 is 2.55 bits per heavy atom. The quantitative estimate of drug-likeness (QED) is 0.778. The molecule has 0 spiro atoms. The largest absolute Gasteiger partial charge is 0.343 e. The van der Waals surface area contributed by atoms with Gasteiger partial charge in [-0.2, -0.15) is 0 Å². The molecule has 0 fully saturated rings. The second kappa shape index (κ2) is 5.06. The van der Waals surface area contributed by atoms with Crippen LogP contribution in [0.2, 0.25) is 0 Å². The van der Waals surface area contributed by atoms with Crippen LogP contribution in [0, 0.1) is 11.6 Å². The summed E-state index contributed by atoms with van der Waals surface area (Å²) in [6.45, 7) is 0.934. The Morgan fingerprint density at radius 2 is 1.80 bits per heavy atom. The normalized spacial score (nSPS) is 11.2. The molecule has 0 bridgehead atoms. The number of aromatic nitrogens is 1. The smallest absolute Gasteiger partial charge is 0.159 e. The maximum absolute atomic E-state index is 13.3. The molecule has 0 aliphatic heterocycles. The van der Waals surface area contributed by atoms with E-state index in [-0.39, 0.29) is 0 Å². The summed E-state index contributed by atoms with van der Waals surface area (Å²) in [6, 6.07) is 11.9. The van der Waals surface area contributed by atoms with E-state index < -0.39 is 11.6 Å². The highest BCUT2D eigenvalue weighted by atomic mass is 19.2. The molecule has 0 saturated heterocycles. The minimum Gasteiger partial charge on any atom is -0.343 e. The summed E-state index contributed by atoms with van der Waals surface area (Å²) in [5.74, 6) is -1.65. The number of halogens is 2. The molecule has 2 N–H and O–H groups in total. The van der Waals surface area contributed by atoms with Crippen LogP contribution >= 0.6 is 0 Å². The first-order valence-corrected chi connectivity index (χ1v) is 6.40. The minimum absolute atomic E-state index is 0.450. The molecule has 102 valence electrons. The zero-order valence-corrected chi connectivity index (χ0v) is 10.8. The first-order valence-electron chi connectivity index (χ1n) is 6.40. The van der Waals surface area contributed by atoms with E-state index in [9.17, 15) is 8.78 Å². The third kappa shape index (κ3) is 2.18. The van der Waals surface area contributed by atoms with Crippen molar-refractivity contribution in [1.82, 2.24) is 4.57 Å². The number of rotatable bonds is 3. The zero-order chi connectivity index (χ0) is 14.1. The molecule has 20 heavy (non-hydrogen) atoms. The van der Waals surface area contributed by atoms with Crippen molar-refractivity contribution < 1.29 is 8.78 Å². The Balaban J connectivity index is 2.04. The van der Waals surface area contributed by atoms with Crippen LogP contribution in [-0.4, -0.2) is 4.57 Å². The SMILES string of the molecule is NCc1cn(Cc2ccc(F)c(F)c2)c2ccccc12. The third-order valence-corrected chi connectivity index (χ3v) is 3.43. The first-order chi connectivity index (χ1) is 9.69. The maximum Gasteiger partial charge on any atom is 0.159 e. The number of benzene rings is 2. The number of fused-ring (bicyclic) bond motifs is 1. The molecule has 3 rings (SSSR count). The van der Waals surface area contributed by atoms with Gasteiger partial charge in [0.25, 0.3) is 0 Å². The average Bonchev–Trinajstić information content (AvgIpc) is 2.81. The lowest BCUT2D eigenvalue weighted by Gasteiger charge is -2.06. The van der Waals surface area contributed by atoms with Gasteiger partial charge < -0.3 is 10.3 Å². The lowest BCUT2D eigenvalue weighted by atomic mass is 10.2. The van der Waals surface area contributed by atoms with Gasteiger partial charge in [0.1, 0.15) is 0 Å². The second-order valence-electron chi connectivity index (χ2n) is 4.75. The number of hydrogen-bond acceptors (Lipinski definition) is 1. The minimum atomic E-state index is -0.825. The highest BCUT2D eigenvalue weighted by molar-refractivity contribution is 5.84. The molecule has 0 radical (unpaired) electrons. The van der Waals surface area contributed by atoms with E-state index in [0.29, 0.717) is 18.7 Å². The average molecular weight is 272 g/mol. The van der Waals surface area contributed by atoms with E-state index in [0.717, 1.165) is 22.5 Å². The third-order valence-electron chi connectivity index (χ3n) is 3.43. The van der Waals surface area contributed by atoms with E-state index in [1.165, 1.54) is 6.07 Å². The summed E-state index contributed by atoms with van der Waals surface area (Å²) < 4.78 is 28.2. The van der Waals surface area contributed by atoms with Crippen LogP contribution in [-0.2, 0) is 13.1 Å². The van der Waals surface area contributed by atoms with Crippen LogP contribution in [0.5, 0.6) is 0 Å². The molecule has 1 aromatic heterocycles. The number of hydrogen-bond donors (Lipinski definition) is 1. The molecule has 0 amide bonds. The lowest BCUT2D eigenvalue weighted by molar-refractivity contribution is 0.506. The van der Waals surface area contributed by atoms with Crippen LogP contribution in [0.15, 0.2) is 48.7 Å². The molecule has 0 unspecified atom stereocenters. The zero-order valence-electron chi connectivity index (χ0n) is 10.8. The number of para-hydroxylation sites is 1. The molecule has 0 aliphatic carbocycles. The second-order valence-corrected chi connectivity index (χ2v) is 4.75. The Hall–Kier alpha value is -2.20. The molecular weight excluding hydrogens is 258 g/mol. The summed E-state index contributed by atoms with van der Waals surface area (Å²) in [4.78, 5) is 0. The molecular formula is C16H14F2N2. The molecule has 4 heteroatoms. The molecule has 3 aromatic rings.